The molecule has 2 aromatic rings. The standard InChI is InChI=1S/C19H22N2O2S/c1-12(10-17-6-4-13(2)24-17)20-19(23)16-5-7-18-15(11-16)8-9-21(18)14(3)22/h4-7,11-12H,8-10H2,1-3H3,(H,20,23). The molecule has 0 saturated heterocycles. The van der Waals surface area contributed by atoms with Crippen LogP contribution in [0.1, 0.15) is 39.5 Å². The number of carbonyl (C=O) groups is 2. The van der Waals surface area contributed by atoms with Crippen molar-refractivity contribution >= 4 is 28.8 Å². The van der Waals surface area contributed by atoms with Gasteiger partial charge in [0, 0.05) is 46.9 Å². The third-order valence-corrected chi connectivity index (χ3v) is 5.32. The van der Waals surface area contributed by atoms with Crippen molar-refractivity contribution in [3.8, 4) is 0 Å². The van der Waals surface area contributed by atoms with E-state index in [0.29, 0.717) is 12.1 Å². The highest BCUT2D eigenvalue weighted by atomic mass is 32.1. The van der Waals surface area contributed by atoms with Crippen LogP contribution in [0.15, 0.2) is 30.3 Å². The lowest BCUT2D eigenvalue weighted by Crippen LogP contribution is -2.34. The number of rotatable bonds is 4. The molecule has 2 heterocycles. The highest BCUT2D eigenvalue weighted by Crippen LogP contribution is 2.29. The Kier molecular flexibility index (Phi) is 4.71. The van der Waals surface area contributed by atoms with Crippen molar-refractivity contribution in [3.05, 3.63) is 51.2 Å². The largest absolute Gasteiger partial charge is 0.349 e. The molecule has 126 valence electrons. The van der Waals surface area contributed by atoms with Crippen molar-refractivity contribution in [1.82, 2.24) is 5.32 Å². The normalized spacial score (nSPS) is 14.4. The van der Waals surface area contributed by atoms with Crippen molar-refractivity contribution in [3.63, 3.8) is 0 Å². The second-order valence-corrected chi connectivity index (χ2v) is 7.73. The Hall–Kier alpha value is -2.14. The Labute approximate surface area is 146 Å². The molecule has 1 aliphatic heterocycles. The van der Waals surface area contributed by atoms with Gasteiger partial charge >= 0.3 is 0 Å². The topological polar surface area (TPSA) is 49.4 Å². The van der Waals surface area contributed by atoms with Crippen molar-refractivity contribution in [2.45, 2.75) is 39.7 Å². The van der Waals surface area contributed by atoms with Gasteiger partial charge in [-0.1, -0.05) is 0 Å². The molecule has 5 heteroatoms. The van der Waals surface area contributed by atoms with Crippen LogP contribution in [0.5, 0.6) is 0 Å². The summed E-state index contributed by atoms with van der Waals surface area (Å²) in [5.74, 6) is -0.00864. The molecule has 0 saturated carbocycles. The maximum Gasteiger partial charge on any atom is 0.251 e. The van der Waals surface area contributed by atoms with E-state index in [1.54, 1.807) is 29.2 Å². The van der Waals surface area contributed by atoms with Crippen molar-refractivity contribution in [1.29, 1.82) is 0 Å². The van der Waals surface area contributed by atoms with Crippen LogP contribution in [0.25, 0.3) is 0 Å². The van der Waals surface area contributed by atoms with E-state index in [1.165, 1.54) is 9.75 Å². The maximum absolute atomic E-state index is 12.5. The average molecular weight is 342 g/mol. The molecule has 0 radical (unpaired) electrons. The maximum atomic E-state index is 12.5. The molecular weight excluding hydrogens is 320 g/mol. The Bertz CT molecular complexity index is 781. The Balaban J connectivity index is 1.66. The van der Waals surface area contributed by atoms with Gasteiger partial charge in [-0.05, 0) is 56.2 Å². The number of nitrogens with one attached hydrogen (secondary N) is 1. The molecule has 1 aliphatic rings. The van der Waals surface area contributed by atoms with Crippen LogP contribution in [0.3, 0.4) is 0 Å². The van der Waals surface area contributed by atoms with Gasteiger partial charge in [-0.25, -0.2) is 0 Å². The number of benzene rings is 1. The predicted octanol–water partition coefficient (Wildman–Crippen LogP) is 3.33. The Morgan fingerprint density at radius 2 is 2.08 bits per heavy atom. The number of thiophene rings is 1. The second kappa shape index (κ2) is 6.77. The SMILES string of the molecule is CC(=O)N1CCc2cc(C(=O)NC(C)Cc3ccc(C)s3)ccc21. The quantitative estimate of drug-likeness (QED) is 0.926. The minimum atomic E-state index is -0.0557. The van der Waals surface area contributed by atoms with E-state index in [9.17, 15) is 9.59 Å². The first-order valence-electron chi connectivity index (χ1n) is 8.21. The number of amides is 2. The first-order valence-corrected chi connectivity index (χ1v) is 9.03. The van der Waals surface area contributed by atoms with Crippen LogP contribution in [-0.2, 0) is 17.6 Å². The number of nitrogens with zero attached hydrogens (tertiary/aromatic N) is 1. The molecule has 0 fully saturated rings. The minimum absolute atomic E-state index is 0.0471. The van der Waals surface area contributed by atoms with E-state index in [2.05, 4.69) is 24.4 Å². The summed E-state index contributed by atoms with van der Waals surface area (Å²) in [7, 11) is 0. The zero-order chi connectivity index (χ0) is 17.3. The number of aryl methyl sites for hydroxylation is 1. The molecule has 1 unspecified atom stereocenters. The van der Waals surface area contributed by atoms with Crippen LogP contribution in [0.2, 0.25) is 0 Å². The molecular formula is C19H22N2O2S. The molecule has 2 amide bonds. The van der Waals surface area contributed by atoms with E-state index in [4.69, 9.17) is 0 Å². The summed E-state index contributed by atoms with van der Waals surface area (Å²) in [5.41, 5.74) is 2.66. The van der Waals surface area contributed by atoms with Gasteiger partial charge in [0.15, 0.2) is 0 Å². The smallest absolute Gasteiger partial charge is 0.251 e. The average Bonchev–Trinajstić information content (AvgIpc) is 3.12. The lowest BCUT2D eigenvalue weighted by molar-refractivity contribution is -0.116. The summed E-state index contributed by atoms with van der Waals surface area (Å²) < 4.78 is 0. The van der Waals surface area contributed by atoms with Gasteiger partial charge in [0.05, 0.1) is 0 Å². The summed E-state index contributed by atoms with van der Waals surface area (Å²) >= 11 is 1.77. The van der Waals surface area contributed by atoms with Crippen LogP contribution in [0, 0.1) is 6.92 Å². The predicted molar refractivity (Wildman–Crippen MR) is 97.9 cm³/mol. The minimum Gasteiger partial charge on any atom is -0.349 e. The number of anilines is 1. The van der Waals surface area contributed by atoms with Crippen LogP contribution < -0.4 is 10.2 Å². The summed E-state index contributed by atoms with van der Waals surface area (Å²) in [6, 6.07) is 9.90. The van der Waals surface area contributed by atoms with E-state index < -0.39 is 0 Å². The van der Waals surface area contributed by atoms with Gasteiger partial charge in [-0.3, -0.25) is 9.59 Å². The molecule has 0 bridgehead atoms. The van der Waals surface area contributed by atoms with E-state index in [1.807, 2.05) is 19.1 Å². The number of carbonyl (C=O) groups excluding carboxylic acids is 2. The number of hydrogen-bond donors (Lipinski definition) is 1. The number of hydrogen-bond acceptors (Lipinski definition) is 3. The van der Waals surface area contributed by atoms with Gasteiger partial charge < -0.3 is 10.2 Å². The number of fused-ring (bicyclic) bond motifs is 1. The molecule has 3 rings (SSSR count). The van der Waals surface area contributed by atoms with E-state index >= 15 is 0 Å². The molecule has 1 aromatic carbocycles. The summed E-state index contributed by atoms with van der Waals surface area (Å²) in [5, 5.41) is 3.07. The first kappa shape index (κ1) is 16.7. The molecule has 1 aromatic heterocycles. The van der Waals surface area contributed by atoms with Crippen LogP contribution in [0.4, 0.5) is 5.69 Å². The van der Waals surface area contributed by atoms with Crippen molar-refractivity contribution in [2.75, 3.05) is 11.4 Å². The zero-order valence-corrected chi connectivity index (χ0v) is 15.1. The highest BCUT2D eigenvalue weighted by molar-refractivity contribution is 7.11. The molecule has 0 aliphatic carbocycles. The summed E-state index contributed by atoms with van der Waals surface area (Å²) in [6.45, 7) is 6.39. The van der Waals surface area contributed by atoms with Gasteiger partial charge in [-0.15, -0.1) is 11.3 Å². The second-order valence-electron chi connectivity index (χ2n) is 6.36. The van der Waals surface area contributed by atoms with E-state index in [-0.39, 0.29) is 17.9 Å². The monoisotopic (exact) mass is 342 g/mol. The zero-order valence-electron chi connectivity index (χ0n) is 14.3. The fraction of sp³-hybridized carbons (Fsp3) is 0.368. The lowest BCUT2D eigenvalue weighted by atomic mass is 10.1. The molecule has 4 nitrogen and oxygen atoms in total. The third-order valence-electron chi connectivity index (χ3n) is 4.30. The van der Waals surface area contributed by atoms with E-state index in [0.717, 1.165) is 24.1 Å². The third kappa shape index (κ3) is 3.51. The van der Waals surface area contributed by atoms with Gasteiger partial charge in [0.2, 0.25) is 5.91 Å². The summed E-state index contributed by atoms with van der Waals surface area (Å²) in [4.78, 5) is 28.4. The molecule has 1 atom stereocenters. The lowest BCUT2D eigenvalue weighted by Gasteiger charge is -2.16. The summed E-state index contributed by atoms with van der Waals surface area (Å²) in [6.07, 6.45) is 1.65. The van der Waals surface area contributed by atoms with Gasteiger partial charge in [0.1, 0.15) is 0 Å². The van der Waals surface area contributed by atoms with Crippen LogP contribution in [-0.4, -0.2) is 24.4 Å². The fourth-order valence-electron chi connectivity index (χ4n) is 3.12. The van der Waals surface area contributed by atoms with Gasteiger partial charge in [-0.2, -0.15) is 0 Å². The first-order chi connectivity index (χ1) is 11.4. The molecule has 1 N–H and O–H groups in total. The van der Waals surface area contributed by atoms with Gasteiger partial charge in [0.25, 0.3) is 5.91 Å². The molecule has 0 spiro atoms. The Morgan fingerprint density at radius 1 is 1.29 bits per heavy atom. The highest BCUT2D eigenvalue weighted by Gasteiger charge is 2.23. The fourth-order valence-corrected chi connectivity index (χ4v) is 4.14. The van der Waals surface area contributed by atoms with Crippen molar-refractivity contribution in [2.24, 2.45) is 0 Å². The molecule has 24 heavy (non-hydrogen) atoms. The van der Waals surface area contributed by atoms with Crippen molar-refractivity contribution < 1.29 is 9.59 Å². The van der Waals surface area contributed by atoms with Crippen LogP contribution >= 0.6 is 11.3 Å². The Morgan fingerprint density at radius 3 is 2.75 bits per heavy atom.